The number of amidine groups is 1. The Balaban J connectivity index is 2.27. The molecule has 3 amide bonds. The Kier molecular flexibility index (Phi) is 6.50. The molecule has 1 aromatic rings. The van der Waals surface area contributed by atoms with Gasteiger partial charge in [0.2, 0.25) is 0 Å². The highest BCUT2D eigenvalue weighted by Crippen LogP contribution is 2.27. The topological polar surface area (TPSA) is 73.8 Å². The fourth-order valence-electron chi connectivity index (χ4n) is 2.30. The summed E-state index contributed by atoms with van der Waals surface area (Å²) in [7, 11) is 1.54. The van der Waals surface area contributed by atoms with Crippen molar-refractivity contribution in [2.45, 2.75) is 26.8 Å². The molecule has 0 aromatic heterocycles. The van der Waals surface area contributed by atoms with E-state index in [1.165, 1.54) is 18.8 Å². The van der Waals surface area contributed by atoms with Gasteiger partial charge in [0.1, 0.15) is 0 Å². The van der Waals surface area contributed by atoms with Gasteiger partial charge in [-0.05, 0) is 45.0 Å². The van der Waals surface area contributed by atoms with Crippen LogP contribution in [0.4, 0.5) is 10.5 Å². The molecule has 25 heavy (non-hydrogen) atoms. The van der Waals surface area contributed by atoms with Crippen molar-refractivity contribution in [3.05, 3.63) is 40.6 Å². The van der Waals surface area contributed by atoms with Crippen molar-refractivity contribution in [2.24, 2.45) is 4.99 Å². The van der Waals surface area contributed by atoms with Crippen LogP contribution in [0.25, 0.3) is 0 Å². The Hall–Kier alpha value is -1.99. The summed E-state index contributed by atoms with van der Waals surface area (Å²) < 4.78 is 0. The standard InChI is InChI=1S/C17H21ClN4O2S/c1-10(2)22(13-7-5-12(18)6-8-13)15(23)11(3)14-9-25-17(20-14)21-16(24)19-4/h5-8,10H,9H2,1-4H3,(H2,19,20,21,24). The number of rotatable bonds is 3. The number of aliphatic imine (C=N–C) groups is 1. The molecule has 6 nitrogen and oxygen atoms in total. The van der Waals surface area contributed by atoms with E-state index in [4.69, 9.17) is 11.6 Å². The number of halogens is 1. The number of anilines is 1. The van der Waals surface area contributed by atoms with Gasteiger partial charge in [-0.25, -0.2) is 9.79 Å². The molecular formula is C17H21ClN4O2S. The maximum atomic E-state index is 13.0. The van der Waals surface area contributed by atoms with Crippen LogP contribution in [0.3, 0.4) is 0 Å². The average Bonchev–Trinajstić information content (AvgIpc) is 3.04. The summed E-state index contributed by atoms with van der Waals surface area (Å²) in [4.78, 5) is 30.4. The lowest BCUT2D eigenvalue weighted by Gasteiger charge is -2.27. The van der Waals surface area contributed by atoms with E-state index >= 15 is 0 Å². The Morgan fingerprint density at radius 2 is 1.92 bits per heavy atom. The first-order chi connectivity index (χ1) is 11.8. The van der Waals surface area contributed by atoms with Crippen molar-refractivity contribution < 1.29 is 9.59 Å². The fourth-order valence-corrected chi connectivity index (χ4v) is 3.32. The molecule has 0 atom stereocenters. The first-order valence-corrected chi connectivity index (χ1v) is 9.19. The van der Waals surface area contributed by atoms with Gasteiger partial charge in [-0.3, -0.25) is 10.1 Å². The lowest BCUT2D eigenvalue weighted by atomic mass is 10.1. The van der Waals surface area contributed by atoms with Crippen LogP contribution in [-0.2, 0) is 4.79 Å². The molecule has 1 aromatic carbocycles. The second-order valence-electron chi connectivity index (χ2n) is 5.73. The van der Waals surface area contributed by atoms with Crippen LogP contribution in [0, 0.1) is 0 Å². The van der Waals surface area contributed by atoms with E-state index in [0.717, 1.165) is 5.69 Å². The zero-order chi connectivity index (χ0) is 18.6. The molecule has 134 valence electrons. The van der Waals surface area contributed by atoms with Gasteiger partial charge in [-0.2, -0.15) is 0 Å². The molecule has 0 spiro atoms. The van der Waals surface area contributed by atoms with Crippen molar-refractivity contribution in [1.82, 2.24) is 10.6 Å². The van der Waals surface area contributed by atoms with Gasteiger partial charge in [0, 0.05) is 35.1 Å². The average molecular weight is 381 g/mol. The molecule has 0 bridgehead atoms. The predicted octanol–water partition coefficient (Wildman–Crippen LogP) is 3.39. The molecular weight excluding hydrogens is 360 g/mol. The number of amides is 3. The zero-order valence-corrected chi connectivity index (χ0v) is 16.2. The summed E-state index contributed by atoms with van der Waals surface area (Å²) >= 11 is 7.33. The monoisotopic (exact) mass is 380 g/mol. The second-order valence-corrected chi connectivity index (χ2v) is 7.13. The SMILES string of the molecule is CNC(=O)NC1=NC(=C(C)C(=O)N(c2ccc(Cl)cc2)C(C)C)CS1. The summed E-state index contributed by atoms with van der Waals surface area (Å²) in [6, 6.07) is 6.81. The third-order valence-electron chi connectivity index (χ3n) is 3.62. The molecule has 0 saturated carbocycles. The molecule has 0 fully saturated rings. The molecule has 8 heteroatoms. The van der Waals surface area contributed by atoms with E-state index in [-0.39, 0.29) is 18.0 Å². The van der Waals surface area contributed by atoms with E-state index in [1.54, 1.807) is 24.0 Å². The third kappa shape index (κ3) is 4.76. The minimum absolute atomic E-state index is 0.0225. The third-order valence-corrected chi connectivity index (χ3v) is 4.76. The summed E-state index contributed by atoms with van der Waals surface area (Å²) in [5.74, 6) is 0.432. The molecule has 1 heterocycles. The maximum Gasteiger partial charge on any atom is 0.320 e. The van der Waals surface area contributed by atoms with Gasteiger partial charge in [-0.1, -0.05) is 23.4 Å². The van der Waals surface area contributed by atoms with E-state index in [0.29, 0.717) is 27.2 Å². The van der Waals surface area contributed by atoms with Crippen LogP contribution < -0.4 is 15.5 Å². The number of carbonyl (C=O) groups is 2. The molecule has 0 saturated heterocycles. The highest BCUT2D eigenvalue weighted by atomic mass is 35.5. The number of hydrogen-bond donors (Lipinski definition) is 2. The molecule has 0 unspecified atom stereocenters. The number of urea groups is 1. The van der Waals surface area contributed by atoms with Crippen LogP contribution in [0.2, 0.25) is 5.02 Å². The normalized spacial score (nSPS) is 15.7. The molecule has 2 N–H and O–H groups in total. The highest BCUT2D eigenvalue weighted by Gasteiger charge is 2.25. The Bertz CT molecular complexity index is 729. The van der Waals surface area contributed by atoms with Crippen LogP contribution in [0.1, 0.15) is 20.8 Å². The van der Waals surface area contributed by atoms with E-state index < -0.39 is 0 Å². The minimum Gasteiger partial charge on any atom is -0.341 e. The van der Waals surface area contributed by atoms with Gasteiger partial charge >= 0.3 is 6.03 Å². The minimum atomic E-state index is -0.332. The summed E-state index contributed by atoms with van der Waals surface area (Å²) in [6.45, 7) is 5.67. The number of benzene rings is 1. The number of nitrogens with zero attached hydrogens (tertiary/aromatic N) is 2. The van der Waals surface area contributed by atoms with E-state index in [9.17, 15) is 9.59 Å². The number of hydrogen-bond acceptors (Lipinski definition) is 4. The van der Waals surface area contributed by atoms with Gasteiger partial charge < -0.3 is 10.2 Å². The van der Waals surface area contributed by atoms with Crippen LogP contribution in [-0.4, -0.2) is 35.9 Å². The predicted molar refractivity (Wildman–Crippen MR) is 104 cm³/mol. The van der Waals surface area contributed by atoms with Crippen LogP contribution >= 0.6 is 23.4 Å². The van der Waals surface area contributed by atoms with Crippen LogP contribution in [0.5, 0.6) is 0 Å². The highest BCUT2D eigenvalue weighted by molar-refractivity contribution is 8.14. The lowest BCUT2D eigenvalue weighted by Crippen LogP contribution is -2.38. The van der Waals surface area contributed by atoms with Crippen molar-refractivity contribution >= 4 is 46.2 Å². The molecule has 0 aliphatic carbocycles. The Morgan fingerprint density at radius 1 is 1.28 bits per heavy atom. The number of nitrogens with one attached hydrogen (secondary N) is 2. The van der Waals surface area contributed by atoms with Crippen molar-refractivity contribution in [3.8, 4) is 0 Å². The lowest BCUT2D eigenvalue weighted by molar-refractivity contribution is -0.115. The Labute approximate surface area is 156 Å². The first-order valence-electron chi connectivity index (χ1n) is 7.82. The van der Waals surface area contributed by atoms with E-state index in [1.807, 2.05) is 26.0 Å². The second kappa shape index (κ2) is 8.40. The van der Waals surface area contributed by atoms with Gasteiger partial charge in [0.05, 0.1) is 5.70 Å². The Morgan fingerprint density at radius 3 is 2.48 bits per heavy atom. The first kappa shape index (κ1) is 19.3. The largest absolute Gasteiger partial charge is 0.341 e. The fraction of sp³-hybridized carbons (Fsp3) is 0.353. The molecule has 1 aliphatic heterocycles. The number of thioether (sulfide) groups is 1. The summed E-state index contributed by atoms with van der Waals surface area (Å²) in [5, 5.41) is 6.21. The quantitative estimate of drug-likeness (QED) is 0.789. The summed E-state index contributed by atoms with van der Waals surface area (Å²) in [5.41, 5.74) is 2.01. The zero-order valence-electron chi connectivity index (χ0n) is 14.6. The van der Waals surface area contributed by atoms with Gasteiger partial charge in [0.25, 0.3) is 5.91 Å². The van der Waals surface area contributed by atoms with Crippen molar-refractivity contribution in [1.29, 1.82) is 0 Å². The van der Waals surface area contributed by atoms with Gasteiger partial charge in [-0.15, -0.1) is 0 Å². The smallest absolute Gasteiger partial charge is 0.320 e. The summed E-state index contributed by atoms with van der Waals surface area (Å²) in [6.07, 6.45) is 0. The molecule has 2 rings (SSSR count). The molecule has 1 aliphatic rings. The van der Waals surface area contributed by atoms with Crippen molar-refractivity contribution in [2.75, 3.05) is 17.7 Å². The number of carbonyl (C=O) groups excluding carboxylic acids is 2. The van der Waals surface area contributed by atoms with E-state index in [2.05, 4.69) is 15.6 Å². The van der Waals surface area contributed by atoms with Gasteiger partial charge in [0.15, 0.2) is 5.17 Å². The maximum absolute atomic E-state index is 13.0. The molecule has 0 radical (unpaired) electrons. The van der Waals surface area contributed by atoms with Crippen LogP contribution in [0.15, 0.2) is 40.5 Å². The van der Waals surface area contributed by atoms with Crippen molar-refractivity contribution in [3.63, 3.8) is 0 Å².